The lowest BCUT2D eigenvalue weighted by Gasteiger charge is -2.34. The summed E-state index contributed by atoms with van der Waals surface area (Å²) in [6.07, 6.45) is 0. The van der Waals surface area contributed by atoms with Crippen molar-refractivity contribution < 1.29 is 13.2 Å². The van der Waals surface area contributed by atoms with Crippen LogP contribution in [0.4, 0.5) is 0 Å². The molecule has 0 saturated carbocycles. The van der Waals surface area contributed by atoms with Gasteiger partial charge in [-0.15, -0.1) is 0 Å². The Hall–Kier alpha value is -1.12. The van der Waals surface area contributed by atoms with Gasteiger partial charge in [0.25, 0.3) is 5.91 Å². The molecule has 2 aromatic carbocycles. The van der Waals surface area contributed by atoms with E-state index < -0.39 is 10.0 Å². The molecule has 0 atom stereocenters. The second-order valence-electron chi connectivity index (χ2n) is 5.78. The molecule has 0 radical (unpaired) electrons. The summed E-state index contributed by atoms with van der Waals surface area (Å²) < 4.78 is 27.7. The molecule has 1 amide bonds. The first-order chi connectivity index (χ1) is 12.3. The number of halogens is 3. The maximum Gasteiger partial charge on any atom is 0.253 e. The van der Waals surface area contributed by atoms with Crippen molar-refractivity contribution in [3.05, 3.63) is 62.5 Å². The molecule has 1 saturated heterocycles. The van der Waals surface area contributed by atoms with E-state index in [2.05, 4.69) is 15.9 Å². The molecule has 1 fully saturated rings. The summed E-state index contributed by atoms with van der Waals surface area (Å²) in [4.78, 5) is 14.2. The normalized spacial score (nSPS) is 15.9. The van der Waals surface area contributed by atoms with Crippen molar-refractivity contribution in [2.45, 2.75) is 4.90 Å². The molecular formula is C17H15BrCl2N2O3S. The third-order valence-corrected chi connectivity index (χ3v) is 7.22. The van der Waals surface area contributed by atoms with Crippen LogP contribution in [0.1, 0.15) is 10.4 Å². The first kappa shape index (κ1) is 19.6. The molecule has 26 heavy (non-hydrogen) atoms. The number of amides is 1. The van der Waals surface area contributed by atoms with Crippen LogP contribution in [-0.2, 0) is 10.0 Å². The lowest BCUT2D eigenvalue weighted by atomic mass is 10.2. The first-order valence-electron chi connectivity index (χ1n) is 7.79. The fourth-order valence-corrected chi connectivity index (χ4v) is 5.38. The van der Waals surface area contributed by atoms with Crippen LogP contribution >= 0.6 is 39.1 Å². The van der Waals surface area contributed by atoms with Crippen LogP contribution in [0.5, 0.6) is 0 Å². The minimum Gasteiger partial charge on any atom is -0.336 e. The molecule has 0 bridgehead atoms. The summed E-state index contributed by atoms with van der Waals surface area (Å²) in [5, 5.41) is 0.652. The Balaban J connectivity index is 1.72. The van der Waals surface area contributed by atoms with Gasteiger partial charge in [-0.05, 0) is 36.4 Å². The number of rotatable bonds is 3. The Bertz CT molecular complexity index is 945. The minimum absolute atomic E-state index is 0.0667. The fourth-order valence-electron chi connectivity index (χ4n) is 2.76. The lowest BCUT2D eigenvalue weighted by Crippen LogP contribution is -2.50. The van der Waals surface area contributed by atoms with E-state index in [0.29, 0.717) is 28.1 Å². The highest BCUT2D eigenvalue weighted by molar-refractivity contribution is 9.10. The number of carbonyl (C=O) groups is 1. The zero-order valence-electron chi connectivity index (χ0n) is 13.5. The van der Waals surface area contributed by atoms with Crippen LogP contribution in [0.15, 0.2) is 51.8 Å². The Morgan fingerprint density at radius 2 is 1.69 bits per heavy atom. The van der Waals surface area contributed by atoms with E-state index >= 15 is 0 Å². The van der Waals surface area contributed by atoms with Crippen molar-refractivity contribution in [2.24, 2.45) is 0 Å². The summed E-state index contributed by atoms with van der Waals surface area (Å²) in [6.45, 7) is 1.03. The molecule has 3 rings (SSSR count). The van der Waals surface area contributed by atoms with Crippen LogP contribution in [0, 0.1) is 0 Å². The minimum atomic E-state index is -3.71. The zero-order valence-corrected chi connectivity index (χ0v) is 17.4. The van der Waals surface area contributed by atoms with E-state index in [1.807, 2.05) is 0 Å². The first-order valence-corrected chi connectivity index (χ1v) is 10.8. The second-order valence-corrected chi connectivity index (χ2v) is 9.45. The van der Waals surface area contributed by atoms with Gasteiger partial charge in [0.2, 0.25) is 10.0 Å². The van der Waals surface area contributed by atoms with E-state index in [4.69, 9.17) is 23.2 Å². The van der Waals surface area contributed by atoms with E-state index in [1.54, 1.807) is 41.3 Å². The molecule has 0 spiro atoms. The molecule has 2 aromatic rings. The highest BCUT2D eigenvalue weighted by Crippen LogP contribution is 2.28. The highest BCUT2D eigenvalue weighted by Gasteiger charge is 2.31. The summed E-state index contributed by atoms with van der Waals surface area (Å²) >= 11 is 15.3. The predicted octanol–water partition coefficient (Wildman–Crippen LogP) is 3.90. The van der Waals surface area contributed by atoms with Gasteiger partial charge in [-0.3, -0.25) is 4.79 Å². The van der Waals surface area contributed by atoms with Crippen LogP contribution in [0.25, 0.3) is 0 Å². The third-order valence-electron chi connectivity index (χ3n) is 4.11. The Morgan fingerprint density at radius 1 is 1.00 bits per heavy atom. The maximum atomic E-state index is 12.8. The van der Waals surface area contributed by atoms with Gasteiger partial charge < -0.3 is 4.90 Å². The number of carbonyl (C=O) groups excluding carboxylic acids is 1. The highest BCUT2D eigenvalue weighted by atomic mass is 79.9. The number of hydrogen-bond donors (Lipinski definition) is 0. The van der Waals surface area contributed by atoms with Crippen molar-refractivity contribution in [1.29, 1.82) is 0 Å². The van der Waals surface area contributed by atoms with Crippen LogP contribution < -0.4 is 0 Å². The number of nitrogens with zero attached hydrogens (tertiary/aromatic N) is 2. The van der Waals surface area contributed by atoms with Gasteiger partial charge in [-0.2, -0.15) is 4.31 Å². The van der Waals surface area contributed by atoms with Crippen molar-refractivity contribution in [2.75, 3.05) is 26.2 Å². The maximum absolute atomic E-state index is 12.8. The average Bonchev–Trinajstić information content (AvgIpc) is 2.61. The summed E-state index contributed by atoms with van der Waals surface area (Å²) in [5.74, 6) is -0.161. The SMILES string of the molecule is O=C(c1cccc(Cl)c1)N1CCN(S(=O)(=O)c2ccc(Br)cc2Cl)CC1. The molecule has 0 aromatic heterocycles. The van der Waals surface area contributed by atoms with E-state index in [1.165, 1.54) is 10.4 Å². The third kappa shape index (κ3) is 4.07. The molecule has 1 aliphatic heterocycles. The fraction of sp³-hybridized carbons (Fsp3) is 0.235. The Kier molecular flexibility index (Phi) is 5.94. The van der Waals surface area contributed by atoms with E-state index in [-0.39, 0.29) is 28.9 Å². The van der Waals surface area contributed by atoms with Crippen LogP contribution in [0.3, 0.4) is 0 Å². The molecule has 138 valence electrons. The number of sulfonamides is 1. The summed E-state index contributed by atoms with van der Waals surface area (Å²) in [5.41, 5.74) is 0.491. The van der Waals surface area contributed by atoms with Crippen molar-refractivity contribution in [3.63, 3.8) is 0 Å². The van der Waals surface area contributed by atoms with Gasteiger partial charge in [0.05, 0.1) is 5.02 Å². The molecule has 1 aliphatic rings. The van der Waals surface area contributed by atoms with Crippen LogP contribution in [-0.4, -0.2) is 49.7 Å². The van der Waals surface area contributed by atoms with Gasteiger partial charge in [0, 0.05) is 41.2 Å². The van der Waals surface area contributed by atoms with E-state index in [9.17, 15) is 13.2 Å². The molecule has 9 heteroatoms. The Labute approximate surface area is 170 Å². The lowest BCUT2D eigenvalue weighted by molar-refractivity contribution is 0.0698. The van der Waals surface area contributed by atoms with Gasteiger partial charge >= 0.3 is 0 Å². The summed E-state index contributed by atoms with van der Waals surface area (Å²) in [7, 11) is -3.71. The average molecular weight is 478 g/mol. The number of hydrogen-bond acceptors (Lipinski definition) is 3. The monoisotopic (exact) mass is 476 g/mol. The Morgan fingerprint density at radius 3 is 2.31 bits per heavy atom. The van der Waals surface area contributed by atoms with Crippen molar-refractivity contribution in [1.82, 2.24) is 9.21 Å². The molecule has 0 N–H and O–H groups in total. The van der Waals surface area contributed by atoms with Gasteiger partial charge in [0.1, 0.15) is 4.90 Å². The summed E-state index contributed by atoms with van der Waals surface area (Å²) in [6, 6.07) is 11.4. The van der Waals surface area contributed by atoms with Gasteiger partial charge in [-0.1, -0.05) is 45.2 Å². The van der Waals surface area contributed by atoms with Crippen LogP contribution in [0.2, 0.25) is 10.0 Å². The largest absolute Gasteiger partial charge is 0.336 e. The van der Waals surface area contributed by atoms with Gasteiger partial charge in [-0.25, -0.2) is 8.42 Å². The standard InChI is InChI=1S/C17H15BrCl2N2O3S/c18-13-4-5-16(15(20)11-13)26(24,25)22-8-6-21(7-9-22)17(23)12-2-1-3-14(19)10-12/h1-5,10-11H,6-9H2. The molecule has 5 nitrogen and oxygen atoms in total. The number of benzene rings is 2. The van der Waals surface area contributed by atoms with Gasteiger partial charge in [0.15, 0.2) is 0 Å². The zero-order chi connectivity index (χ0) is 18.9. The molecule has 1 heterocycles. The smallest absolute Gasteiger partial charge is 0.253 e. The van der Waals surface area contributed by atoms with Crippen molar-refractivity contribution in [3.8, 4) is 0 Å². The van der Waals surface area contributed by atoms with Crippen molar-refractivity contribution >= 4 is 55.1 Å². The molecular weight excluding hydrogens is 463 g/mol. The second kappa shape index (κ2) is 7.86. The molecule has 0 unspecified atom stereocenters. The predicted molar refractivity (Wildman–Crippen MR) is 105 cm³/mol. The molecule has 0 aliphatic carbocycles. The number of piperazine rings is 1. The quantitative estimate of drug-likeness (QED) is 0.673. The topological polar surface area (TPSA) is 57.7 Å². The van der Waals surface area contributed by atoms with E-state index in [0.717, 1.165) is 0 Å².